The van der Waals surface area contributed by atoms with E-state index in [2.05, 4.69) is 16.1 Å². The van der Waals surface area contributed by atoms with E-state index in [4.69, 9.17) is 14.5 Å². The Morgan fingerprint density at radius 2 is 1.76 bits per heavy atom. The molecule has 0 radical (unpaired) electrons. The number of amides is 3. The molecule has 4 heterocycles. The van der Waals surface area contributed by atoms with Crippen molar-refractivity contribution in [3.05, 3.63) is 47.7 Å². The second-order valence-corrected chi connectivity index (χ2v) is 13.7. The molecule has 3 amide bonds. The van der Waals surface area contributed by atoms with Crippen LogP contribution in [0.1, 0.15) is 84.1 Å². The lowest BCUT2D eigenvalue weighted by Crippen LogP contribution is -2.62. The zero-order chi connectivity index (χ0) is 33.0. The first kappa shape index (κ1) is 33.5. The lowest BCUT2D eigenvalue weighted by Gasteiger charge is -2.37. The van der Waals surface area contributed by atoms with E-state index in [1.807, 2.05) is 56.3 Å². The molecule has 4 atom stereocenters. The summed E-state index contributed by atoms with van der Waals surface area (Å²) >= 11 is 0. The summed E-state index contributed by atoms with van der Waals surface area (Å²) in [6, 6.07) is 7.19. The Balaban J connectivity index is 1.49. The first-order valence-electron chi connectivity index (χ1n) is 16.5. The van der Waals surface area contributed by atoms with E-state index in [1.54, 1.807) is 20.8 Å². The predicted molar refractivity (Wildman–Crippen MR) is 174 cm³/mol. The van der Waals surface area contributed by atoms with Gasteiger partial charge in [0, 0.05) is 25.1 Å². The SMILES string of the molecule is CC(C)C1NC(=O)C(C)(C)/C=C/c2ccc3ccc(nc3c2)[C@@H](C)OC(=O)[C@@H]2CCCN(N2)C(=O)[C@H](CC2CCOCC2)NC1=O. The fraction of sp³-hybridized carbons (Fsp3) is 0.571. The van der Waals surface area contributed by atoms with Crippen LogP contribution in [-0.4, -0.2) is 71.6 Å². The molecule has 3 aliphatic heterocycles. The fourth-order valence-corrected chi connectivity index (χ4v) is 6.14. The van der Waals surface area contributed by atoms with Crippen molar-refractivity contribution in [2.45, 2.75) is 91.0 Å². The number of benzene rings is 1. The number of fused-ring (bicyclic) bond motifs is 4. The number of carbonyl (C=O) groups excluding carboxylic acids is 4. The lowest BCUT2D eigenvalue weighted by atomic mass is 9.89. The van der Waals surface area contributed by atoms with Crippen LogP contribution in [0.15, 0.2) is 36.4 Å². The number of aromatic nitrogens is 1. The lowest BCUT2D eigenvalue weighted by molar-refractivity contribution is -0.157. The van der Waals surface area contributed by atoms with Gasteiger partial charge >= 0.3 is 5.97 Å². The zero-order valence-corrected chi connectivity index (χ0v) is 27.5. The normalized spacial score (nSPS) is 27.7. The summed E-state index contributed by atoms with van der Waals surface area (Å²) in [5, 5.41) is 8.32. The van der Waals surface area contributed by atoms with Gasteiger partial charge < -0.3 is 20.1 Å². The van der Waals surface area contributed by atoms with Crippen molar-refractivity contribution in [3.63, 3.8) is 0 Å². The standard InChI is InChI=1S/C35H47N5O6/c1-21(2)30-31(41)37-29(20-24-13-17-45-18-14-24)32(42)40-16-6-7-27(39-40)33(43)46-22(3)26-11-10-25-9-8-23(19-28(25)36-26)12-15-35(4,5)34(44)38-30/h8-12,15,19,21-22,24,27,29-30,39H,6-7,13-14,16-18,20H2,1-5H3,(H,37,41)(H,38,44)/b15-12+/t22-,27+,29+,30?/m1/s1. The number of cyclic esters (lactones) is 1. The quantitative estimate of drug-likeness (QED) is 0.434. The summed E-state index contributed by atoms with van der Waals surface area (Å²) in [5.41, 5.74) is 4.34. The van der Waals surface area contributed by atoms with Crippen molar-refractivity contribution in [2.24, 2.45) is 17.3 Å². The average molecular weight is 634 g/mol. The Bertz CT molecular complexity index is 1480. The van der Waals surface area contributed by atoms with Gasteiger partial charge in [-0.05, 0) is 82.4 Å². The van der Waals surface area contributed by atoms with Gasteiger partial charge in [0.15, 0.2) is 0 Å². The minimum absolute atomic E-state index is 0.183. The van der Waals surface area contributed by atoms with Gasteiger partial charge in [-0.3, -0.25) is 24.2 Å². The van der Waals surface area contributed by atoms with Crippen LogP contribution >= 0.6 is 0 Å². The highest BCUT2D eigenvalue weighted by Gasteiger charge is 2.37. The third-order valence-corrected chi connectivity index (χ3v) is 9.22. The molecule has 11 heteroatoms. The van der Waals surface area contributed by atoms with Gasteiger partial charge in [0.05, 0.1) is 16.6 Å². The van der Waals surface area contributed by atoms with Crippen LogP contribution in [0.3, 0.4) is 0 Å². The maximum atomic E-state index is 14.0. The molecule has 0 saturated carbocycles. The molecule has 5 rings (SSSR count). The van der Waals surface area contributed by atoms with Crippen LogP contribution in [0.25, 0.3) is 17.0 Å². The monoisotopic (exact) mass is 633 g/mol. The third kappa shape index (κ3) is 7.93. The second-order valence-electron chi connectivity index (χ2n) is 13.7. The highest BCUT2D eigenvalue weighted by Crippen LogP contribution is 2.26. The summed E-state index contributed by atoms with van der Waals surface area (Å²) in [5.74, 6) is -1.56. The smallest absolute Gasteiger partial charge is 0.325 e. The van der Waals surface area contributed by atoms with E-state index in [0.29, 0.717) is 44.7 Å². The first-order chi connectivity index (χ1) is 21.9. The van der Waals surface area contributed by atoms with Crippen LogP contribution in [0.4, 0.5) is 0 Å². The van der Waals surface area contributed by atoms with Crippen molar-refractivity contribution >= 4 is 40.7 Å². The Labute approximate surface area is 270 Å². The predicted octanol–water partition coefficient (Wildman–Crippen LogP) is 3.83. The number of esters is 1. The van der Waals surface area contributed by atoms with E-state index in [1.165, 1.54) is 5.01 Å². The molecule has 2 fully saturated rings. The third-order valence-electron chi connectivity index (χ3n) is 9.22. The van der Waals surface area contributed by atoms with Crippen molar-refractivity contribution in [2.75, 3.05) is 19.8 Å². The summed E-state index contributed by atoms with van der Waals surface area (Å²) in [6.07, 6.45) is 6.16. The maximum Gasteiger partial charge on any atom is 0.325 e. The van der Waals surface area contributed by atoms with Gasteiger partial charge in [0.25, 0.3) is 5.91 Å². The molecule has 5 bridgehead atoms. The molecule has 0 aliphatic carbocycles. The number of ether oxygens (including phenoxy) is 2. The van der Waals surface area contributed by atoms with Crippen LogP contribution in [0.5, 0.6) is 0 Å². The highest BCUT2D eigenvalue weighted by atomic mass is 16.5. The van der Waals surface area contributed by atoms with Crippen molar-refractivity contribution in [3.8, 4) is 0 Å². The largest absolute Gasteiger partial charge is 0.455 e. The number of rotatable bonds is 3. The first-order valence-corrected chi connectivity index (χ1v) is 16.5. The number of carbonyl (C=O) groups is 4. The Morgan fingerprint density at radius 1 is 1.02 bits per heavy atom. The van der Waals surface area contributed by atoms with Crippen molar-refractivity contribution in [1.82, 2.24) is 26.1 Å². The minimum Gasteiger partial charge on any atom is -0.455 e. The Hall–Kier alpha value is -3.83. The molecular weight excluding hydrogens is 586 g/mol. The second kappa shape index (κ2) is 14.3. The van der Waals surface area contributed by atoms with Crippen LogP contribution in [0, 0.1) is 17.3 Å². The van der Waals surface area contributed by atoms with Gasteiger partial charge in [-0.15, -0.1) is 0 Å². The van der Waals surface area contributed by atoms with Crippen LogP contribution in [0.2, 0.25) is 0 Å². The molecule has 2 saturated heterocycles. The zero-order valence-electron chi connectivity index (χ0n) is 27.5. The summed E-state index contributed by atoms with van der Waals surface area (Å²) in [6.45, 7) is 10.7. The van der Waals surface area contributed by atoms with E-state index in [-0.39, 0.29) is 23.7 Å². The van der Waals surface area contributed by atoms with Crippen LogP contribution in [-0.2, 0) is 28.7 Å². The summed E-state index contributed by atoms with van der Waals surface area (Å²) in [4.78, 5) is 59.6. The average Bonchev–Trinajstić information content (AvgIpc) is 3.05. The molecule has 3 aliphatic rings. The topological polar surface area (TPSA) is 139 Å². The molecule has 2 aromatic rings. The number of nitrogens with zero attached hydrogens (tertiary/aromatic N) is 2. The molecule has 11 nitrogen and oxygen atoms in total. The fourth-order valence-electron chi connectivity index (χ4n) is 6.14. The van der Waals surface area contributed by atoms with Crippen LogP contribution < -0.4 is 16.1 Å². The number of nitrogens with one attached hydrogen (secondary N) is 3. The van der Waals surface area contributed by atoms with Gasteiger partial charge in [0.1, 0.15) is 24.2 Å². The van der Waals surface area contributed by atoms with Crippen molar-refractivity contribution < 1.29 is 28.7 Å². The van der Waals surface area contributed by atoms with Gasteiger partial charge in [-0.1, -0.05) is 44.2 Å². The Kier molecular flexibility index (Phi) is 10.4. The van der Waals surface area contributed by atoms with Gasteiger partial charge in [-0.2, -0.15) is 0 Å². The molecule has 1 unspecified atom stereocenters. The number of hydrogen-bond donors (Lipinski definition) is 3. The van der Waals surface area contributed by atoms with Gasteiger partial charge in [0.2, 0.25) is 11.8 Å². The van der Waals surface area contributed by atoms with E-state index in [9.17, 15) is 19.2 Å². The van der Waals surface area contributed by atoms with Gasteiger partial charge in [-0.25, -0.2) is 10.4 Å². The van der Waals surface area contributed by atoms with E-state index >= 15 is 0 Å². The summed E-state index contributed by atoms with van der Waals surface area (Å²) in [7, 11) is 0. The number of pyridine rings is 1. The van der Waals surface area contributed by atoms with E-state index < -0.39 is 41.5 Å². The maximum absolute atomic E-state index is 14.0. The number of hydrazine groups is 1. The molecule has 3 N–H and O–H groups in total. The molecule has 1 aromatic carbocycles. The van der Waals surface area contributed by atoms with E-state index in [0.717, 1.165) is 29.3 Å². The summed E-state index contributed by atoms with van der Waals surface area (Å²) < 4.78 is 11.4. The molecule has 0 spiro atoms. The molecular formula is C35H47N5O6. The molecule has 46 heavy (non-hydrogen) atoms. The Morgan fingerprint density at radius 3 is 2.50 bits per heavy atom. The highest BCUT2D eigenvalue weighted by molar-refractivity contribution is 5.94. The molecule has 1 aromatic heterocycles. The van der Waals surface area contributed by atoms with Crippen molar-refractivity contribution in [1.29, 1.82) is 0 Å². The number of hydrogen-bond acceptors (Lipinski definition) is 8. The molecule has 248 valence electrons. The minimum atomic E-state index is -0.941.